The summed E-state index contributed by atoms with van der Waals surface area (Å²) < 4.78 is 6.85. The van der Waals surface area contributed by atoms with Crippen LogP contribution in [0.3, 0.4) is 0 Å². The number of ether oxygens (including phenoxy) is 1. The number of benzene rings is 1. The van der Waals surface area contributed by atoms with Crippen LogP contribution in [-0.2, 0) is 9.53 Å². The highest BCUT2D eigenvalue weighted by molar-refractivity contribution is 6.33. The zero-order chi connectivity index (χ0) is 19.4. The van der Waals surface area contributed by atoms with Crippen LogP contribution >= 0.6 is 11.6 Å². The van der Waals surface area contributed by atoms with Crippen LogP contribution in [-0.4, -0.2) is 33.8 Å². The number of nitrogens with one attached hydrogen (secondary N) is 1. The zero-order valence-corrected chi connectivity index (χ0v) is 16.3. The van der Waals surface area contributed by atoms with E-state index in [4.69, 9.17) is 16.3 Å². The molecule has 1 aliphatic carbocycles. The Bertz CT molecular complexity index is 813. The summed E-state index contributed by atoms with van der Waals surface area (Å²) in [6.45, 7) is 3.26. The van der Waals surface area contributed by atoms with Gasteiger partial charge in [-0.25, -0.2) is 9.48 Å². The molecule has 0 spiro atoms. The molecular weight excluding hydrogens is 366 g/mol. The molecule has 1 aromatic carbocycles. The molecule has 0 radical (unpaired) electrons. The molecule has 1 atom stereocenters. The highest BCUT2D eigenvalue weighted by atomic mass is 35.5. The number of hydrogen-bond donors (Lipinski definition) is 1. The van der Waals surface area contributed by atoms with Gasteiger partial charge in [0.1, 0.15) is 10.7 Å². The third kappa shape index (κ3) is 4.50. The van der Waals surface area contributed by atoms with Gasteiger partial charge in [0.15, 0.2) is 6.10 Å². The Morgan fingerprint density at radius 2 is 1.89 bits per heavy atom. The number of nitrogens with zero attached hydrogens (tertiary/aromatic N) is 2. The smallest absolute Gasteiger partial charge is 0.344 e. The van der Waals surface area contributed by atoms with Crippen LogP contribution in [0.4, 0.5) is 0 Å². The van der Waals surface area contributed by atoms with E-state index in [1.807, 2.05) is 30.3 Å². The molecular formula is C20H24ClN3O3. The second-order valence-corrected chi connectivity index (χ2v) is 7.25. The van der Waals surface area contributed by atoms with Gasteiger partial charge in [0, 0.05) is 6.04 Å². The van der Waals surface area contributed by atoms with Crippen molar-refractivity contribution in [2.45, 2.75) is 58.1 Å². The van der Waals surface area contributed by atoms with Crippen molar-refractivity contribution in [2.24, 2.45) is 0 Å². The number of rotatable bonds is 5. The van der Waals surface area contributed by atoms with Crippen LogP contribution in [0.2, 0.25) is 5.15 Å². The van der Waals surface area contributed by atoms with Crippen molar-refractivity contribution < 1.29 is 14.3 Å². The Balaban J connectivity index is 1.68. The van der Waals surface area contributed by atoms with Crippen LogP contribution in [0.1, 0.15) is 55.1 Å². The number of aromatic nitrogens is 2. The molecule has 1 N–H and O–H groups in total. The molecule has 1 heterocycles. The lowest BCUT2D eigenvalue weighted by Crippen LogP contribution is -2.42. The average Bonchev–Trinajstić information content (AvgIpc) is 2.97. The van der Waals surface area contributed by atoms with Gasteiger partial charge < -0.3 is 10.1 Å². The summed E-state index contributed by atoms with van der Waals surface area (Å²) in [5.41, 5.74) is 1.37. The molecule has 0 bridgehead atoms. The molecule has 3 rings (SSSR count). The molecule has 27 heavy (non-hydrogen) atoms. The molecule has 144 valence electrons. The van der Waals surface area contributed by atoms with Crippen LogP contribution in [0.15, 0.2) is 30.3 Å². The first kappa shape index (κ1) is 19.4. The lowest BCUT2D eigenvalue weighted by Gasteiger charge is -2.24. The first-order valence-electron chi connectivity index (χ1n) is 9.29. The normalized spacial score (nSPS) is 16.0. The van der Waals surface area contributed by atoms with E-state index in [-0.39, 0.29) is 22.7 Å². The van der Waals surface area contributed by atoms with Gasteiger partial charge in [-0.2, -0.15) is 5.10 Å². The van der Waals surface area contributed by atoms with E-state index in [2.05, 4.69) is 10.4 Å². The fourth-order valence-electron chi connectivity index (χ4n) is 3.31. The molecule has 1 aliphatic rings. The third-order valence-electron chi connectivity index (χ3n) is 4.81. The largest absolute Gasteiger partial charge is 0.449 e. The van der Waals surface area contributed by atoms with Gasteiger partial charge in [-0.1, -0.05) is 49.1 Å². The van der Waals surface area contributed by atoms with E-state index in [0.717, 1.165) is 31.4 Å². The Hall–Kier alpha value is -2.34. The monoisotopic (exact) mass is 389 g/mol. The summed E-state index contributed by atoms with van der Waals surface area (Å²) in [6, 6.07) is 9.45. The lowest BCUT2D eigenvalue weighted by molar-refractivity contribution is -0.130. The van der Waals surface area contributed by atoms with Crippen LogP contribution in [0, 0.1) is 6.92 Å². The fourth-order valence-corrected chi connectivity index (χ4v) is 3.66. The number of aryl methyl sites for hydroxylation is 1. The molecule has 6 nitrogen and oxygen atoms in total. The van der Waals surface area contributed by atoms with Crippen molar-refractivity contribution in [3.05, 3.63) is 46.7 Å². The number of halogens is 1. The van der Waals surface area contributed by atoms with Gasteiger partial charge in [-0.3, -0.25) is 4.79 Å². The number of carbonyl (C=O) groups is 2. The van der Waals surface area contributed by atoms with Crippen molar-refractivity contribution in [3.63, 3.8) is 0 Å². The highest BCUT2D eigenvalue weighted by Crippen LogP contribution is 2.25. The average molecular weight is 390 g/mol. The van der Waals surface area contributed by atoms with Gasteiger partial charge in [-0.15, -0.1) is 0 Å². The number of hydrogen-bond acceptors (Lipinski definition) is 4. The molecule has 1 unspecified atom stereocenters. The first-order valence-corrected chi connectivity index (χ1v) is 9.67. The maximum atomic E-state index is 12.6. The van der Waals surface area contributed by atoms with E-state index in [9.17, 15) is 9.59 Å². The SMILES string of the molecule is Cc1nn(-c2ccccc2)c(Cl)c1C(=O)OC(C)C(=O)NC1CCCCC1. The quantitative estimate of drug-likeness (QED) is 0.789. The van der Waals surface area contributed by atoms with Crippen LogP contribution in [0.25, 0.3) is 5.69 Å². The number of carbonyl (C=O) groups excluding carboxylic acids is 2. The van der Waals surface area contributed by atoms with E-state index < -0.39 is 12.1 Å². The standard InChI is InChI=1S/C20H24ClN3O3/c1-13-17(18(21)24(23-13)16-11-7-4-8-12-16)20(26)27-14(2)19(25)22-15-9-5-3-6-10-15/h4,7-8,11-12,14-15H,3,5-6,9-10H2,1-2H3,(H,22,25). The van der Waals surface area contributed by atoms with Gasteiger partial charge in [0.25, 0.3) is 5.91 Å². The molecule has 0 saturated heterocycles. The maximum absolute atomic E-state index is 12.6. The molecule has 1 amide bonds. The molecule has 2 aromatic rings. The van der Waals surface area contributed by atoms with Gasteiger partial charge >= 0.3 is 5.97 Å². The second kappa shape index (κ2) is 8.57. The van der Waals surface area contributed by atoms with Crippen LogP contribution in [0.5, 0.6) is 0 Å². The summed E-state index contributed by atoms with van der Waals surface area (Å²) in [6.07, 6.45) is 4.50. The maximum Gasteiger partial charge on any atom is 0.344 e. The second-order valence-electron chi connectivity index (χ2n) is 6.89. The van der Waals surface area contributed by atoms with Gasteiger partial charge in [0.2, 0.25) is 0 Å². The van der Waals surface area contributed by atoms with Crippen molar-refractivity contribution in [3.8, 4) is 5.69 Å². The predicted molar refractivity (Wildman–Crippen MR) is 103 cm³/mol. The van der Waals surface area contributed by atoms with Crippen molar-refractivity contribution in [1.82, 2.24) is 15.1 Å². The topological polar surface area (TPSA) is 73.2 Å². The molecule has 1 fully saturated rings. The summed E-state index contributed by atoms with van der Waals surface area (Å²) in [5.74, 6) is -0.926. The third-order valence-corrected chi connectivity index (χ3v) is 5.16. The van der Waals surface area contributed by atoms with E-state index in [1.54, 1.807) is 13.8 Å². The van der Waals surface area contributed by atoms with Crippen molar-refractivity contribution in [2.75, 3.05) is 0 Å². The first-order chi connectivity index (χ1) is 13.0. The predicted octanol–water partition coefficient (Wildman–Crippen LogP) is 3.83. The Morgan fingerprint density at radius 3 is 2.56 bits per heavy atom. The Kier molecular flexibility index (Phi) is 6.16. The molecule has 7 heteroatoms. The van der Waals surface area contributed by atoms with E-state index in [1.165, 1.54) is 11.1 Å². The minimum absolute atomic E-state index is 0.165. The Morgan fingerprint density at radius 1 is 1.22 bits per heavy atom. The summed E-state index contributed by atoms with van der Waals surface area (Å²) in [7, 11) is 0. The van der Waals surface area contributed by atoms with E-state index >= 15 is 0 Å². The molecule has 0 aliphatic heterocycles. The number of para-hydroxylation sites is 1. The molecule has 1 saturated carbocycles. The molecule has 1 aromatic heterocycles. The minimum Gasteiger partial charge on any atom is -0.449 e. The van der Waals surface area contributed by atoms with E-state index in [0.29, 0.717) is 5.69 Å². The lowest BCUT2D eigenvalue weighted by atomic mass is 9.95. The summed E-state index contributed by atoms with van der Waals surface area (Å²) in [5, 5.41) is 7.47. The fraction of sp³-hybridized carbons (Fsp3) is 0.450. The van der Waals surface area contributed by atoms with Crippen LogP contribution < -0.4 is 5.32 Å². The van der Waals surface area contributed by atoms with Crippen molar-refractivity contribution >= 4 is 23.5 Å². The summed E-state index contributed by atoms with van der Waals surface area (Å²) in [4.78, 5) is 24.9. The highest BCUT2D eigenvalue weighted by Gasteiger charge is 2.27. The van der Waals surface area contributed by atoms with Gasteiger partial charge in [-0.05, 0) is 38.8 Å². The number of amides is 1. The summed E-state index contributed by atoms with van der Waals surface area (Å²) >= 11 is 6.38. The van der Waals surface area contributed by atoms with Crippen molar-refractivity contribution in [1.29, 1.82) is 0 Å². The number of esters is 1. The minimum atomic E-state index is -0.894. The Labute approximate surface area is 163 Å². The van der Waals surface area contributed by atoms with Gasteiger partial charge in [0.05, 0.1) is 11.4 Å². The zero-order valence-electron chi connectivity index (χ0n) is 15.6.